The lowest BCUT2D eigenvalue weighted by atomic mass is 9.84. The molecule has 0 spiro atoms. The summed E-state index contributed by atoms with van der Waals surface area (Å²) in [5.41, 5.74) is 8.45. The monoisotopic (exact) mass is 956 g/mol. The number of amides is 5. The minimum absolute atomic E-state index is 0.00479. The molecule has 16 heteroatoms. The Hall–Kier alpha value is -6.44. The maximum atomic E-state index is 13.6. The third-order valence-corrected chi connectivity index (χ3v) is 11.5. The van der Waals surface area contributed by atoms with Gasteiger partial charge in [0.1, 0.15) is 31.4 Å². The Morgan fingerprint density at radius 2 is 1.77 bits per heavy atom. The van der Waals surface area contributed by atoms with Crippen LogP contribution in [0.15, 0.2) is 96.2 Å². The van der Waals surface area contributed by atoms with Crippen molar-refractivity contribution >= 4 is 41.6 Å². The summed E-state index contributed by atoms with van der Waals surface area (Å²) in [5.74, 6) is -0.235. The van der Waals surface area contributed by atoms with E-state index in [1.165, 1.54) is 6.08 Å². The summed E-state index contributed by atoms with van der Waals surface area (Å²) in [4.78, 5) is 75.5. The van der Waals surface area contributed by atoms with Crippen LogP contribution in [0.5, 0.6) is 0 Å². The van der Waals surface area contributed by atoms with Gasteiger partial charge in [0.15, 0.2) is 0 Å². The number of hydrogen-bond acceptors (Lipinski definition) is 11. The number of esters is 2. The number of aliphatic hydroxyl groups is 1. The fourth-order valence-electron chi connectivity index (χ4n) is 7.76. The molecular formula is C53H73N5O11. The molecule has 1 aromatic carbocycles. The summed E-state index contributed by atoms with van der Waals surface area (Å²) in [6.07, 6.45) is 24.2. The van der Waals surface area contributed by atoms with Gasteiger partial charge in [-0.25, -0.2) is 14.4 Å². The highest BCUT2D eigenvalue weighted by molar-refractivity contribution is 5.98. The average molecular weight is 956 g/mol. The molecular weight excluding hydrogens is 883 g/mol. The smallest absolute Gasteiger partial charge is 0.407 e. The van der Waals surface area contributed by atoms with Gasteiger partial charge in [-0.1, -0.05) is 99.6 Å². The SMILES string of the molecule is C#CCCOC(=O)N[C@H](C(=O)N[C@@H](CCCNC(N)=O)C(=O)Nc1ccc(COC(=O)C[C@H](/C=C/C=C(\C)C[C@@H](C)/C=C(C)\C=C\[C@H]2CC=CC(=O)O2)[C@@H]2C[C@@H](O)[C@H](C)[C@H](/C=C/C)O2)cc1)C(C)C. The number of alkyl carbamates (subject to hydrolysis) is 1. The van der Waals surface area contributed by atoms with Gasteiger partial charge in [0.2, 0.25) is 11.8 Å². The molecule has 3 rings (SSSR count). The van der Waals surface area contributed by atoms with E-state index in [0.29, 0.717) is 30.5 Å². The molecule has 0 aromatic heterocycles. The summed E-state index contributed by atoms with van der Waals surface area (Å²) in [6.45, 7) is 13.6. The van der Waals surface area contributed by atoms with Crippen molar-refractivity contribution in [3.05, 3.63) is 102 Å². The molecule has 1 saturated heterocycles. The summed E-state index contributed by atoms with van der Waals surface area (Å²) in [6, 6.07) is 3.87. The fraction of sp³-hybridized carbons (Fsp3) is 0.509. The van der Waals surface area contributed by atoms with E-state index in [1.54, 1.807) is 38.1 Å². The number of nitrogens with one attached hydrogen (secondary N) is 4. The number of primary amides is 1. The zero-order valence-electron chi connectivity index (χ0n) is 41.1. The predicted octanol–water partition coefficient (Wildman–Crippen LogP) is 7.02. The van der Waals surface area contributed by atoms with Gasteiger partial charge in [0.05, 0.1) is 24.7 Å². The maximum absolute atomic E-state index is 13.6. The first-order valence-corrected chi connectivity index (χ1v) is 23.7. The lowest BCUT2D eigenvalue weighted by molar-refractivity contribution is -0.152. The number of ether oxygens (including phenoxy) is 4. The van der Waals surface area contributed by atoms with Crippen LogP contribution in [0.2, 0.25) is 0 Å². The molecule has 0 bridgehead atoms. The summed E-state index contributed by atoms with van der Waals surface area (Å²) < 4.78 is 22.6. The van der Waals surface area contributed by atoms with E-state index in [-0.39, 0.29) is 75.0 Å². The molecule has 1 fully saturated rings. The number of carbonyl (C=O) groups excluding carboxylic acids is 6. The number of anilines is 1. The third kappa shape index (κ3) is 21.6. The molecule has 9 atom stereocenters. The van der Waals surface area contributed by atoms with Gasteiger partial charge in [0.25, 0.3) is 0 Å². The van der Waals surface area contributed by atoms with E-state index < -0.39 is 60.1 Å². The van der Waals surface area contributed by atoms with E-state index in [1.807, 2.05) is 69.4 Å². The zero-order chi connectivity index (χ0) is 50.9. The molecule has 16 nitrogen and oxygen atoms in total. The highest BCUT2D eigenvalue weighted by Crippen LogP contribution is 2.32. The number of aliphatic hydroxyl groups excluding tert-OH is 1. The van der Waals surface area contributed by atoms with Crippen LogP contribution in [-0.4, -0.2) is 90.6 Å². The van der Waals surface area contributed by atoms with Crippen LogP contribution in [0, 0.1) is 36.0 Å². The zero-order valence-corrected chi connectivity index (χ0v) is 41.1. The Bertz CT molecular complexity index is 2100. The van der Waals surface area contributed by atoms with E-state index in [2.05, 4.69) is 47.1 Å². The molecule has 5 amide bonds. The molecule has 0 aliphatic carbocycles. The average Bonchev–Trinajstić information content (AvgIpc) is 3.29. The van der Waals surface area contributed by atoms with Crippen molar-refractivity contribution in [2.45, 2.75) is 137 Å². The van der Waals surface area contributed by atoms with Gasteiger partial charge in [-0.2, -0.15) is 0 Å². The van der Waals surface area contributed by atoms with Crippen LogP contribution in [0.25, 0.3) is 0 Å². The number of rotatable bonds is 25. The molecule has 2 heterocycles. The molecule has 7 N–H and O–H groups in total. The molecule has 0 radical (unpaired) electrons. The van der Waals surface area contributed by atoms with Gasteiger partial charge in [-0.05, 0) is 75.6 Å². The van der Waals surface area contributed by atoms with Gasteiger partial charge >= 0.3 is 24.1 Å². The van der Waals surface area contributed by atoms with Crippen molar-refractivity contribution < 1.29 is 52.8 Å². The molecule has 2 aliphatic rings. The van der Waals surface area contributed by atoms with Crippen molar-refractivity contribution in [2.75, 3.05) is 18.5 Å². The van der Waals surface area contributed by atoms with Gasteiger partial charge in [-0.15, -0.1) is 12.3 Å². The second-order valence-electron chi connectivity index (χ2n) is 18.0. The lowest BCUT2D eigenvalue weighted by Gasteiger charge is -2.39. The minimum Gasteiger partial charge on any atom is -0.461 e. The van der Waals surface area contributed by atoms with Crippen LogP contribution in [0.4, 0.5) is 15.3 Å². The normalized spacial score (nSPS) is 21.5. The number of hydrogen-bond donors (Lipinski definition) is 6. The van der Waals surface area contributed by atoms with Crippen LogP contribution in [0.1, 0.15) is 99.0 Å². The Labute approximate surface area is 407 Å². The van der Waals surface area contributed by atoms with E-state index in [0.717, 1.165) is 17.6 Å². The quantitative estimate of drug-likeness (QED) is 0.0146. The van der Waals surface area contributed by atoms with Crippen LogP contribution in [0.3, 0.4) is 0 Å². The Morgan fingerprint density at radius 1 is 1.03 bits per heavy atom. The lowest BCUT2D eigenvalue weighted by Crippen LogP contribution is -2.54. The second kappa shape index (κ2) is 30.1. The molecule has 69 heavy (non-hydrogen) atoms. The van der Waals surface area contributed by atoms with Gasteiger partial charge < -0.3 is 51.1 Å². The van der Waals surface area contributed by atoms with Crippen LogP contribution in [-0.2, 0) is 44.7 Å². The highest BCUT2D eigenvalue weighted by Gasteiger charge is 2.37. The molecule has 0 unspecified atom stereocenters. The minimum atomic E-state index is -1.06. The van der Waals surface area contributed by atoms with Crippen molar-refractivity contribution in [3.63, 3.8) is 0 Å². The number of benzene rings is 1. The number of terminal acetylenes is 1. The number of carbonyl (C=O) groups is 6. The topological polar surface area (TPSA) is 234 Å². The second-order valence-corrected chi connectivity index (χ2v) is 18.0. The molecule has 0 saturated carbocycles. The Balaban J connectivity index is 1.67. The summed E-state index contributed by atoms with van der Waals surface area (Å²) in [5, 5.41) is 21.5. The first-order chi connectivity index (χ1) is 32.9. The van der Waals surface area contributed by atoms with Crippen molar-refractivity contribution in [1.29, 1.82) is 0 Å². The molecule has 376 valence electrons. The van der Waals surface area contributed by atoms with Crippen molar-refractivity contribution in [3.8, 4) is 12.3 Å². The van der Waals surface area contributed by atoms with Crippen molar-refractivity contribution in [1.82, 2.24) is 16.0 Å². The largest absolute Gasteiger partial charge is 0.461 e. The highest BCUT2D eigenvalue weighted by atomic mass is 16.6. The first-order valence-electron chi connectivity index (χ1n) is 23.7. The van der Waals surface area contributed by atoms with E-state index in [9.17, 15) is 33.9 Å². The maximum Gasteiger partial charge on any atom is 0.407 e. The standard InChI is InChI=1S/C53H73N5O11/c1-9-11-28-66-53(65)58-49(34(3)4)51(63)57-43(19-14-27-55-52(54)64)50(62)56-41-24-22-39(23-25-41)33-67-48(61)31-40(46-32-44(59)38(8)45(69-46)15-10-2)17-12-16-35(5)29-37(7)30-36(6)21-26-42-18-13-20-47(60)68-42/h1,10,12-13,15-17,20-26,30,34,37-38,40,42-46,49,59H,11,14,18-19,27-29,31-33H2,2-8H3,(H,56,62)(H,57,63)(H,58,65)(H3,54,55,64)/b15-10+,17-12+,26-21+,35-16+,36-30-/t37-,38+,40+,42-,43+,44-,45+,46+,49+/m1/s1. The summed E-state index contributed by atoms with van der Waals surface area (Å²) in [7, 11) is 0. The van der Waals surface area contributed by atoms with E-state index >= 15 is 0 Å². The first kappa shape index (κ1) is 56.9. The Kier molecular flexibility index (Phi) is 24.8. The number of cyclic esters (lactones) is 1. The number of nitrogens with two attached hydrogens (primary N) is 1. The van der Waals surface area contributed by atoms with Crippen molar-refractivity contribution in [2.24, 2.45) is 29.4 Å². The summed E-state index contributed by atoms with van der Waals surface area (Å²) >= 11 is 0. The van der Waals surface area contributed by atoms with Gasteiger partial charge in [0, 0.05) is 49.4 Å². The van der Waals surface area contributed by atoms with Crippen LogP contribution >= 0.6 is 0 Å². The third-order valence-electron chi connectivity index (χ3n) is 11.5. The Morgan fingerprint density at radius 3 is 2.43 bits per heavy atom. The van der Waals surface area contributed by atoms with E-state index in [4.69, 9.17) is 31.1 Å². The fourth-order valence-corrected chi connectivity index (χ4v) is 7.76. The predicted molar refractivity (Wildman–Crippen MR) is 265 cm³/mol. The van der Waals surface area contributed by atoms with Gasteiger partial charge in [-0.3, -0.25) is 14.4 Å². The number of urea groups is 1. The number of allylic oxidation sites excluding steroid dienone is 7. The van der Waals surface area contributed by atoms with Crippen LogP contribution < -0.4 is 27.0 Å². The molecule has 1 aromatic rings. The molecule has 2 aliphatic heterocycles.